The zero-order valence-electron chi connectivity index (χ0n) is 10.2. The highest BCUT2D eigenvalue weighted by atomic mass is 35.5. The van der Waals surface area contributed by atoms with Crippen LogP contribution in [0.5, 0.6) is 5.75 Å². The third-order valence-electron chi connectivity index (χ3n) is 2.46. The van der Waals surface area contributed by atoms with Crippen molar-refractivity contribution in [3.8, 4) is 5.75 Å². The van der Waals surface area contributed by atoms with Crippen molar-refractivity contribution < 1.29 is 14.3 Å². The summed E-state index contributed by atoms with van der Waals surface area (Å²) in [5, 5.41) is 0.641. The number of carbonyl (C=O) groups excluding carboxylic acids is 1. The number of halogens is 1. The molecular weight excluding hydrogens is 242 g/mol. The molecule has 1 amide bonds. The maximum Gasteiger partial charge on any atom is 0.409 e. The van der Waals surface area contributed by atoms with Crippen molar-refractivity contribution in [1.82, 2.24) is 4.90 Å². The lowest BCUT2D eigenvalue weighted by molar-refractivity contribution is 0.134. The van der Waals surface area contributed by atoms with Gasteiger partial charge in [0.05, 0.1) is 14.2 Å². The molecule has 0 unspecified atom stereocenters. The molecule has 0 aliphatic carbocycles. The van der Waals surface area contributed by atoms with Gasteiger partial charge in [0, 0.05) is 18.6 Å². The molecular formula is C12H16ClNO3. The topological polar surface area (TPSA) is 38.8 Å². The van der Waals surface area contributed by atoms with Crippen LogP contribution in [0, 0.1) is 0 Å². The van der Waals surface area contributed by atoms with E-state index in [2.05, 4.69) is 4.74 Å². The molecule has 0 saturated heterocycles. The largest absolute Gasteiger partial charge is 0.497 e. The molecule has 17 heavy (non-hydrogen) atoms. The van der Waals surface area contributed by atoms with Gasteiger partial charge in [-0.15, -0.1) is 0 Å². The van der Waals surface area contributed by atoms with E-state index in [1.54, 1.807) is 20.2 Å². The molecule has 0 aliphatic rings. The predicted molar refractivity (Wildman–Crippen MR) is 66.7 cm³/mol. The second kappa shape index (κ2) is 6.35. The Morgan fingerprint density at radius 3 is 2.65 bits per heavy atom. The highest BCUT2D eigenvalue weighted by molar-refractivity contribution is 6.31. The first kappa shape index (κ1) is 13.6. The highest BCUT2D eigenvalue weighted by Gasteiger charge is 2.09. The Morgan fingerprint density at radius 1 is 1.41 bits per heavy atom. The molecule has 0 bridgehead atoms. The number of carbonyl (C=O) groups is 1. The van der Waals surface area contributed by atoms with E-state index in [4.69, 9.17) is 16.3 Å². The fraction of sp³-hybridized carbons (Fsp3) is 0.417. The second-order valence-electron chi connectivity index (χ2n) is 3.60. The summed E-state index contributed by atoms with van der Waals surface area (Å²) < 4.78 is 9.66. The molecule has 0 aromatic heterocycles. The molecule has 5 heteroatoms. The number of rotatable bonds is 4. The van der Waals surface area contributed by atoms with E-state index in [-0.39, 0.29) is 6.09 Å². The van der Waals surface area contributed by atoms with Gasteiger partial charge in [0.15, 0.2) is 0 Å². The lowest BCUT2D eigenvalue weighted by Crippen LogP contribution is -2.28. The Hall–Kier alpha value is -1.42. The van der Waals surface area contributed by atoms with E-state index in [9.17, 15) is 4.79 Å². The van der Waals surface area contributed by atoms with E-state index >= 15 is 0 Å². The van der Waals surface area contributed by atoms with Crippen LogP contribution in [-0.4, -0.2) is 38.8 Å². The Labute approximate surface area is 106 Å². The molecule has 0 aliphatic heterocycles. The van der Waals surface area contributed by atoms with E-state index in [0.717, 1.165) is 11.3 Å². The number of benzene rings is 1. The van der Waals surface area contributed by atoms with Crippen LogP contribution in [0.1, 0.15) is 5.56 Å². The summed E-state index contributed by atoms with van der Waals surface area (Å²) in [7, 11) is 4.64. The molecule has 1 aromatic carbocycles. The van der Waals surface area contributed by atoms with Gasteiger partial charge in [0.25, 0.3) is 0 Å². The van der Waals surface area contributed by atoms with Crippen LogP contribution in [-0.2, 0) is 11.2 Å². The smallest absolute Gasteiger partial charge is 0.409 e. The van der Waals surface area contributed by atoms with Crippen LogP contribution in [0.25, 0.3) is 0 Å². The zero-order chi connectivity index (χ0) is 12.8. The van der Waals surface area contributed by atoms with Gasteiger partial charge in [-0.05, 0) is 24.1 Å². The molecule has 1 rings (SSSR count). The molecule has 0 atom stereocenters. The summed E-state index contributed by atoms with van der Waals surface area (Å²) in [6, 6.07) is 5.50. The number of hydrogen-bond acceptors (Lipinski definition) is 3. The average Bonchev–Trinajstić information content (AvgIpc) is 2.35. The van der Waals surface area contributed by atoms with Gasteiger partial charge in [-0.1, -0.05) is 17.7 Å². The number of amides is 1. The maximum atomic E-state index is 11.2. The minimum absolute atomic E-state index is 0.352. The zero-order valence-corrected chi connectivity index (χ0v) is 11.0. The van der Waals surface area contributed by atoms with E-state index < -0.39 is 0 Å². The molecule has 94 valence electrons. The van der Waals surface area contributed by atoms with Gasteiger partial charge in [0.2, 0.25) is 0 Å². The van der Waals surface area contributed by atoms with Gasteiger partial charge in [-0.2, -0.15) is 0 Å². The molecule has 0 spiro atoms. The van der Waals surface area contributed by atoms with Gasteiger partial charge in [-0.3, -0.25) is 0 Å². The van der Waals surface area contributed by atoms with Crippen LogP contribution < -0.4 is 4.74 Å². The fourth-order valence-corrected chi connectivity index (χ4v) is 1.66. The Morgan fingerprint density at radius 2 is 2.12 bits per heavy atom. The molecule has 4 nitrogen and oxygen atoms in total. The van der Waals surface area contributed by atoms with E-state index in [1.165, 1.54) is 12.0 Å². The summed E-state index contributed by atoms with van der Waals surface area (Å²) in [6.45, 7) is 0.554. The molecule has 0 fully saturated rings. The first-order valence-corrected chi connectivity index (χ1v) is 5.57. The first-order chi connectivity index (χ1) is 8.08. The SMILES string of the molecule is COC(=O)N(C)CCc1ccc(OC)cc1Cl. The fourth-order valence-electron chi connectivity index (χ4n) is 1.39. The van der Waals surface area contributed by atoms with Crippen molar-refractivity contribution in [3.05, 3.63) is 28.8 Å². The highest BCUT2D eigenvalue weighted by Crippen LogP contribution is 2.22. The third kappa shape index (κ3) is 3.82. The Balaban J connectivity index is 2.60. The number of ether oxygens (including phenoxy) is 2. The molecule has 0 heterocycles. The van der Waals surface area contributed by atoms with E-state index in [0.29, 0.717) is 18.0 Å². The van der Waals surface area contributed by atoms with E-state index in [1.807, 2.05) is 12.1 Å². The molecule has 0 saturated carbocycles. The summed E-state index contributed by atoms with van der Waals surface area (Å²) in [5.74, 6) is 0.722. The van der Waals surface area contributed by atoms with Crippen molar-refractivity contribution in [2.45, 2.75) is 6.42 Å². The van der Waals surface area contributed by atoms with Crippen molar-refractivity contribution in [3.63, 3.8) is 0 Å². The van der Waals surface area contributed by atoms with Crippen LogP contribution in [0.2, 0.25) is 5.02 Å². The minimum atomic E-state index is -0.352. The maximum absolute atomic E-state index is 11.2. The molecule has 0 radical (unpaired) electrons. The molecule has 1 aromatic rings. The number of methoxy groups -OCH3 is 2. The predicted octanol–water partition coefficient (Wildman–Crippen LogP) is 2.59. The van der Waals surface area contributed by atoms with Crippen LogP contribution in [0.4, 0.5) is 4.79 Å². The summed E-state index contributed by atoms with van der Waals surface area (Å²) in [6.07, 6.45) is 0.323. The van der Waals surface area contributed by atoms with Gasteiger partial charge >= 0.3 is 6.09 Å². The van der Waals surface area contributed by atoms with Crippen LogP contribution >= 0.6 is 11.6 Å². The van der Waals surface area contributed by atoms with Crippen molar-refractivity contribution in [1.29, 1.82) is 0 Å². The van der Waals surface area contributed by atoms with Crippen LogP contribution in [0.3, 0.4) is 0 Å². The Kier molecular flexibility index (Phi) is 5.10. The van der Waals surface area contributed by atoms with Gasteiger partial charge in [-0.25, -0.2) is 4.79 Å². The Bertz CT molecular complexity index is 395. The minimum Gasteiger partial charge on any atom is -0.497 e. The lowest BCUT2D eigenvalue weighted by atomic mass is 10.1. The van der Waals surface area contributed by atoms with Gasteiger partial charge < -0.3 is 14.4 Å². The van der Waals surface area contributed by atoms with Crippen molar-refractivity contribution >= 4 is 17.7 Å². The summed E-state index contributed by atoms with van der Waals surface area (Å²) in [5.41, 5.74) is 0.975. The first-order valence-electron chi connectivity index (χ1n) is 5.20. The number of likely N-dealkylation sites (N-methyl/N-ethyl adjacent to an activating group) is 1. The van der Waals surface area contributed by atoms with Gasteiger partial charge in [0.1, 0.15) is 5.75 Å². The average molecular weight is 258 g/mol. The number of nitrogens with zero attached hydrogens (tertiary/aromatic N) is 1. The number of hydrogen-bond donors (Lipinski definition) is 0. The van der Waals surface area contributed by atoms with Crippen molar-refractivity contribution in [2.24, 2.45) is 0 Å². The lowest BCUT2D eigenvalue weighted by Gasteiger charge is -2.15. The second-order valence-corrected chi connectivity index (χ2v) is 4.01. The standard InChI is InChI=1S/C12H16ClNO3/c1-14(12(15)17-3)7-6-9-4-5-10(16-2)8-11(9)13/h4-5,8H,6-7H2,1-3H3. The summed E-state index contributed by atoms with van der Waals surface area (Å²) >= 11 is 6.09. The van der Waals surface area contributed by atoms with Crippen LogP contribution in [0.15, 0.2) is 18.2 Å². The summed E-state index contributed by atoms with van der Waals surface area (Å²) in [4.78, 5) is 12.7. The monoisotopic (exact) mass is 257 g/mol. The normalized spacial score (nSPS) is 9.88. The van der Waals surface area contributed by atoms with Crippen molar-refractivity contribution in [2.75, 3.05) is 27.8 Å². The third-order valence-corrected chi connectivity index (χ3v) is 2.81. The molecule has 0 N–H and O–H groups in total. The quantitative estimate of drug-likeness (QED) is 0.832.